The average molecular weight is 440 g/mol. The molecule has 0 unspecified atom stereocenters. The highest BCUT2D eigenvalue weighted by Gasteiger charge is 2.41. The number of hydrogen-bond donors (Lipinski definition) is 1. The lowest BCUT2D eigenvalue weighted by atomic mass is 9.73. The van der Waals surface area contributed by atoms with Crippen molar-refractivity contribution in [3.8, 4) is 5.69 Å². The number of aryl methyl sites for hydroxylation is 1. The Hall–Kier alpha value is -2.44. The topological polar surface area (TPSA) is 56.2 Å². The van der Waals surface area contributed by atoms with Gasteiger partial charge in [0.15, 0.2) is 0 Å². The van der Waals surface area contributed by atoms with Crippen LogP contribution in [0, 0.1) is 6.92 Å². The fourth-order valence-electron chi connectivity index (χ4n) is 3.74. The molecule has 144 valence electrons. The normalized spacial score (nSPS) is 15.9. The maximum Gasteiger partial charge on any atom is 0.235 e. The zero-order valence-electron chi connectivity index (χ0n) is 15.7. The molecule has 0 saturated carbocycles. The maximum absolute atomic E-state index is 13.4. The average Bonchev–Trinajstić information content (AvgIpc) is 3.15. The Bertz CT molecular complexity index is 975. The molecule has 1 aromatic heterocycles. The molecule has 0 atom stereocenters. The van der Waals surface area contributed by atoms with E-state index in [4.69, 9.17) is 4.74 Å². The number of aromatic nitrogens is 2. The van der Waals surface area contributed by atoms with Gasteiger partial charge in [0.2, 0.25) is 5.91 Å². The zero-order chi connectivity index (χ0) is 19.6. The van der Waals surface area contributed by atoms with Crippen LogP contribution in [0.25, 0.3) is 5.69 Å². The molecule has 0 aliphatic carbocycles. The Morgan fingerprint density at radius 3 is 2.57 bits per heavy atom. The van der Waals surface area contributed by atoms with Crippen LogP contribution in [-0.2, 0) is 14.9 Å². The lowest BCUT2D eigenvalue weighted by Gasteiger charge is -2.36. The van der Waals surface area contributed by atoms with E-state index in [0.717, 1.165) is 27.1 Å². The van der Waals surface area contributed by atoms with Crippen LogP contribution < -0.4 is 5.32 Å². The van der Waals surface area contributed by atoms with Crippen molar-refractivity contribution in [2.24, 2.45) is 0 Å². The van der Waals surface area contributed by atoms with E-state index in [9.17, 15) is 4.79 Å². The van der Waals surface area contributed by atoms with Crippen molar-refractivity contribution in [3.05, 3.63) is 76.5 Å². The van der Waals surface area contributed by atoms with Crippen LogP contribution in [0.4, 0.5) is 5.69 Å². The molecule has 1 amide bonds. The maximum atomic E-state index is 13.4. The zero-order valence-corrected chi connectivity index (χ0v) is 17.3. The minimum Gasteiger partial charge on any atom is -0.381 e. The quantitative estimate of drug-likeness (QED) is 0.644. The van der Waals surface area contributed by atoms with E-state index >= 15 is 0 Å². The third kappa shape index (κ3) is 3.62. The number of ether oxygens (including phenoxy) is 1. The van der Waals surface area contributed by atoms with E-state index in [0.29, 0.717) is 26.1 Å². The Balaban J connectivity index is 1.64. The Labute approximate surface area is 172 Å². The summed E-state index contributed by atoms with van der Waals surface area (Å²) in [5.41, 5.74) is 3.16. The summed E-state index contributed by atoms with van der Waals surface area (Å²) >= 11 is 3.48. The Kier molecular flexibility index (Phi) is 5.33. The molecule has 6 heteroatoms. The molecule has 0 spiro atoms. The van der Waals surface area contributed by atoms with Gasteiger partial charge in [0.1, 0.15) is 0 Å². The fourth-order valence-corrected chi connectivity index (χ4v) is 4.01. The van der Waals surface area contributed by atoms with Crippen molar-refractivity contribution in [3.63, 3.8) is 0 Å². The van der Waals surface area contributed by atoms with Gasteiger partial charge >= 0.3 is 0 Å². The van der Waals surface area contributed by atoms with E-state index in [-0.39, 0.29) is 5.91 Å². The summed E-state index contributed by atoms with van der Waals surface area (Å²) in [6.45, 7) is 3.16. The predicted octanol–water partition coefficient (Wildman–Crippen LogP) is 4.63. The number of anilines is 1. The van der Waals surface area contributed by atoms with Crippen molar-refractivity contribution >= 4 is 27.5 Å². The van der Waals surface area contributed by atoms with Crippen LogP contribution in [-0.4, -0.2) is 28.9 Å². The first-order valence-electron chi connectivity index (χ1n) is 9.35. The number of halogens is 1. The largest absolute Gasteiger partial charge is 0.381 e. The second kappa shape index (κ2) is 7.89. The molecule has 1 N–H and O–H groups in total. The molecule has 1 aliphatic rings. The van der Waals surface area contributed by atoms with Gasteiger partial charge in [0, 0.05) is 35.3 Å². The van der Waals surface area contributed by atoms with Gasteiger partial charge in [-0.2, -0.15) is 5.10 Å². The number of carbonyl (C=O) groups is 1. The van der Waals surface area contributed by atoms with E-state index in [1.807, 2.05) is 66.2 Å². The third-order valence-corrected chi connectivity index (χ3v) is 5.89. The molecule has 3 aromatic rings. The molecule has 4 rings (SSSR count). The SMILES string of the molecule is Cc1ccnn1-c1cccc(NC(=O)C2(c3ccc(Br)cc3)CCOCC2)c1. The molecule has 28 heavy (non-hydrogen) atoms. The van der Waals surface area contributed by atoms with Gasteiger partial charge in [-0.1, -0.05) is 34.1 Å². The molecule has 2 heterocycles. The van der Waals surface area contributed by atoms with Crippen LogP contribution >= 0.6 is 15.9 Å². The highest BCUT2D eigenvalue weighted by atomic mass is 79.9. The van der Waals surface area contributed by atoms with Crippen LogP contribution in [0.2, 0.25) is 0 Å². The minimum atomic E-state index is -0.587. The van der Waals surface area contributed by atoms with E-state index in [2.05, 4.69) is 26.3 Å². The predicted molar refractivity (Wildman–Crippen MR) is 113 cm³/mol. The summed E-state index contributed by atoms with van der Waals surface area (Å²) in [6.07, 6.45) is 3.10. The number of carbonyl (C=O) groups excluding carboxylic acids is 1. The van der Waals surface area contributed by atoms with Crippen LogP contribution in [0.1, 0.15) is 24.1 Å². The van der Waals surface area contributed by atoms with Crippen molar-refractivity contribution in [1.29, 1.82) is 0 Å². The second-order valence-corrected chi connectivity index (χ2v) is 8.01. The van der Waals surface area contributed by atoms with Gasteiger partial charge in [0.25, 0.3) is 0 Å². The summed E-state index contributed by atoms with van der Waals surface area (Å²) in [5, 5.41) is 7.49. The molecule has 1 saturated heterocycles. The van der Waals surface area contributed by atoms with Gasteiger partial charge in [-0.15, -0.1) is 0 Å². The molecule has 1 fully saturated rings. The van der Waals surface area contributed by atoms with Crippen molar-refractivity contribution in [2.75, 3.05) is 18.5 Å². The summed E-state index contributed by atoms with van der Waals surface area (Å²) < 4.78 is 8.41. The fraction of sp³-hybridized carbons (Fsp3) is 0.273. The summed E-state index contributed by atoms with van der Waals surface area (Å²) in [4.78, 5) is 13.4. The summed E-state index contributed by atoms with van der Waals surface area (Å²) in [5.74, 6) is 0.00691. The van der Waals surface area contributed by atoms with Gasteiger partial charge in [-0.25, -0.2) is 4.68 Å². The Morgan fingerprint density at radius 2 is 1.89 bits per heavy atom. The van der Waals surface area contributed by atoms with Gasteiger partial charge in [-0.3, -0.25) is 4.79 Å². The number of amides is 1. The van der Waals surface area contributed by atoms with E-state index in [1.165, 1.54) is 0 Å². The van der Waals surface area contributed by atoms with Crippen molar-refractivity contribution in [2.45, 2.75) is 25.2 Å². The third-order valence-electron chi connectivity index (χ3n) is 5.36. The lowest BCUT2D eigenvalue weighted by molar-refractivity contribution is -0.125. The molecule has 1 aliphatic heterocycles. The van der Waals surface area contributed by atoms with Gasteiger partial charge in [0.05, 0.1) is 11.1 Å². The second-order valence-electron chi connectivity index (χ2n) is 7.09. The van der Waals surface area contributed by atoms with Crippen LogP contribution in [0.3, 0.4) is 0 Å². The van der Waals surface area contributed by atoms with Crippen LogP contribution in [0.5, 0.6) is 0 Å². The summed E-state index contributed by atoms with van der Waals surface area (Å²) in [6, 6.07) is 17.8. The monoisotopic (exact) mass is 439 g/mol. The molecule has 2 aromatic carbocycles. The first-order chi connectivity index (χ1) is 13.6. The van der Waals surface area contributed by atoms with Gasteiger partial charge < -0.3 is 10.1 Å². The smallest absolute Gasteiger partial charge is 0.235 e. The number of nitrogens with one attached hydrogen (secondary N) is 1. The minimum absolute atomic E-state index is 0.00691. The van der Waals surface area contributed by atoms with Crippen LogP contribution in [0.15, 0.2) is 65.3 Å². The van der Waals surface area contributed by atoms with Gasteiger partial charge in [-0.05, 0) is 61.7 Å². The number of rotatable bonds is 4. The van der Waals surface area contributed by atoms with E-state index in [1.54, 1.807) is 6.20 Å². The number of nitrogens with zero attached hydrogens (tertiary/aromatic N) is 2. The first kappa shape index (κ1) is 18.9. The first-order valence-corrected chi connectivity index (χ1v) is 10.1. The van der Waals surface area contributed by atoms with E-state index < -0.39 is 5.41 Å². The Morgan fingerprint density at radius 1 is 1.14 bits per heavy atom. The van der Waals surface area contributed by atoms with Crippen molar-refractivity contribution < 1.29 is 9.53 Å². The highest BCUT2D eigenvalue weighted by Crippen LogP contribution is 2.37. The molecule has 0 radical (unpaired) electrons. The highest BCUT2D eigenvalue weighted by molar-refractivity contribution is 9.10. The molecule has 0 bridgehead atoms. The summed E-state index contributed by atoms with van der Waals surface area (Å²) in [7, 11) is 0. The lowest BCUT2D eigenvalue weighted by Crippen LogP contribution is -2.44. The molecular weight excluding hydrogens is 418 g/mol. The standard InChI is InChI=1S/C22H22BrN3O2/c1-16-9-12-24-26(16)20-4-2-3-19(15-20)25-21(27)22(10-13-28-14-11-22)17-5-7-18(23)8-6-17/h2-9,12,15H,10-11,13-14H2,1H3,(H,25,27). The molecule has 5 nitrogen and oxygen atoms in total. The van der Waals surface area contributed by atoms with Crippen molar-refractivity contribution in [1.82, 2.24) is 9.78 Å². The number of benzene rings is 2. The number of hydrogen-bond acceptors (Lipinski definition) is 3. The molecular formula is C22H22BrN3O2.